The molecule has 3 nitrogen and oxygen atoms in total. The summed E-state index contributed by atoms with van der Waals surface area (Å²) in [6.07, 6.45) is 1.34. The zero-order valence-electron chi connectivity index (χ0n) is 11.4. The average Bonchev–Trinajstić information content (AvgIpc) is 2.22. The smallest absolute Gasteiger partial charge is 0.395 e. The van der Waals surface area contributed by atoms with Crippen molar-refractivity contribution in [2.24, 2.45) is 0 Å². The fourth-order valence-electron chi connectivity index (χ4n) is 2.46. The minimum Gasteiger partial charge on any atom is -0.395 e. The monoisotopic (exact) mass is 253 g/mol. The number of nitrogens with zero attached hydrogens (tertiary/aromatic N) is 2. The summed E-state index contributed by atoms with van der Waals surface area (Å²) in [5.41, 5.74) is 0. The number of hydrogen-bond donors (Lipinski definition) is 1. The molecule has 0 spiro atoms. The van der Waals surface area contributed by atoms with Crippen LogP contribution < -0.4 is 51.4 Å². The van der Waals surface area contributed by atoms with Crippen LogP contribution in [0.5, 0.6) is 0 Å². The fraction of sp³-hybridized carbons (Fsp3) is 0.833. The van der Waals surface area contributed by atoms with Gasteiger partial charge in [-0.05, 0) is 6.42 Å². The minimum absolute atomic E-state index is 0. The molecule has 0 aliphatic carbocycles. The quantitative estimate of drug-likeness (QED) is 0.468. The van der Waals surface area contributed by atoms with E-state index < -0.39 is 0 Å². The number of aliphatic hydroxyl groups excluding tert-OH is 1. The maximum Gasteiger partial charge on any atom is 1.00 e. The average molecular weight is 253 g/mol. The van der Waals surface area contributed by atoms with E-state index in [0.717, 1.165) is 38.3 Å². The molecule has 92 valence electrons. The SMILES string of the molecule is CC.[CH2-]CN1C2CC1CN(CCO)C2.[CH3-].[K+]. The second-order valence-electron chi connectivity index (χ2n) is 3.76. The number of fused-ring (bicyclic) bond motifs is 2. The van der Waals surface area contributed by atoms with Crippen LogP contribution in [0.2, 0.25) is 0 Å². The van der Waals surface area contributed by atoms with Gasteiger partial charge < -0.3 is 24.4 Å². The van der Waals surface area contributed by atoms with Gasteiger partial charge in [-0.2, -0.15) is 0 Å². The van der Waals surface area contributed by atoms with Crippen molar-refractivity contribution < 1.29 is 56.5 Å². The zero-order valence-corrected chi connectivity index (χ0v) is 14.6. The molecule has 4 heteroatoms. The zero-order chi connectivity index (χ0) is 10.6. The van der Waals surface area contributed by atoms with E-state index in [-0.39, 0.29) is 58.8 Å². The molecule has 3 fully saturated rings. The minimum atomic E-state index is 0. The number of hydrogen-bond acceptors (Lipinski definition) is 3. The van der Waals surface area contributed by atoms with Crippen LogP contribution in [0.1, 0.15) is 20.3 Å². The first-order chi connectivity index (χ1) is 6.85. The molecule has 2 bridgehead atoms. The topological polar surface area (TPSA) is 26.7 Å². The van der Waals surface area contributed by atoms with Crippen LogP contribution >= 0.6 is 0 Å². The van der Waals surface area contributed by atoms with Crippen molar-refractivity contribution in [2.45, 2.75) is 32.4 Å². The Morgan fingerprint density at radius 1 is 1.25 bits per heavy atom. The molecular formula is C12H26KN2O-. The third kappa shape index (κ3) is 4.65. The maximum atomic E-state index is 8.78. The molecule has 3 aliphatic rings. The Morgan fingerprint density at radius 2 is 1.75 bits per heavy atom. The van der Waals surface area contributed by atoms with Crippen LogP contribution in [0.4, 0.5) is 0 Å². The van der Waals surface area contributed by atoms with Crippen molar-refractivity contribution in [3.63, 3.8) is 0 Å². The van der Waals surface area contributed by atoms with Gasteiger partial charge in [-0.15, -0.1) is 6.54 Å². The van der Waals surface area contributed by atoms with E-state index in [1.54, 1.807) is 0 Å². The number of rotatable bonds is 3. The second kappa shape index (κ2) is 10.4. The van der Waals surface area contributed by atoms with Gasteiger partial charge in [0.15, 0.2) is 0 Å². The van der Waals surface area contributed by atoms with Gasteiger partial charge in [-0.1, -0.05) is 13.8 Å². The Labute approximate surface area is 144 Å². The van der Waals surface area contributed by atoms with E-state index in [4.69, 9.17) is 5.11 Å². The van der Waals surface area contributed by atoms with Gasteiger partial charge in [-0.3, -0.25) is 4.90 Å². The largest absolute Gasteiger partial charge is 1.00 e. The molecule has 16 heavy (non-hydrogen) atoms. The van der Waals surface area contributed by atoms with Gasteiger partial charge in [0.2, 0.25) is 0 Å². The molecule has 2 unspecified atom stereocenters. The first-order valence-corrected chi connectivity index (χ1v) is 5.73. The number of piperidine rings is 1. The number of aliphatic hydroxyl groups is 1. The predicted molar refractivity (Wildman–Crippen MR) is 65.5 cm³/mol. The Balaban J connectivity index is 0. The summed E-state index contributed by atoms with van der Waals surface area (Å²) in [6, 6.07) is 1.46. The molecule has 3 aliphatic heterocycles. The van der Waals surface area contributed by atoms with Crippen LogP contribution in [0.3, 0.4) is 0 Å². The molecule has 0 amide bonds. The molecule has 3 saturated heterocycles. The predicted octanol–water partition coefficient (Wildman–Crippen LogP) is -1.95. The Hall–Kier alpha value is 1.52. The van der Waals surface area contributed by atoms with Crippen LogP contribution in [0.15, 0.2) is 0 Å². The van der Waals surface area contributed by atoms with Crippen LogP contribution in [-0.4, -0.2) is 59.8 Å². The summed E-state index contributed by atoms with van der Waals surface area (Å²) in [6.45, 7) is 12.3. The van der Waals surface area contributed by atoms with Crippen molar-refractivity contribution in [3.8, 4) is 0 Å². The molecular weight excluding hydrogens is 227 g/mol. The molecule has 0 radical (unpaired) electrons. The van der Waals surface area contributed by atoms with Crippen LogP contribution in [0, 0.1) is 14.4 Å². The standard InChI is InChI=1S/C9H17N2O.C2H6.CH3.K/c1-2-11-8-5-9(11)7-10(6-8)3-4-12;1-2;;/h8-9,12H,1-7H2;1-2H3;1H3;/q-1;;-1;+1. The molecule has 0 aromatic heterocycles. The molecule has 2 atom stereocenters. The fourth-order valence-corrected chi connectivity index (χ4v) is 2.46. The molecule has 0 aromatic rings. The second-order valence-corrected chi connectivity index (χ2v) is 3.76. The Kier molecular flexibility index (Phi) is 12.9. The van der Waals surface area contributed by atoms with Crippen LogP contribution in [-0.2, 0) is 0 Å². The molecule has 3 rings (SSSR count). The first kappa shape index (κ1) is 19.8. The van der Waals surface area contributed by atoms with Crippen molar-refractivity contribution in [2.75, 3.05) is 32.8 Å². The first-order valence-electron chi connectivity index (χ1n) is 5.73. The van der Waals surface area contributed by atoms with E-state index in [0.29, 0.717) is 6.61 Å². The summed E-state index contributed by atoms with van der Waals surface area (Å²) in [5, 5.41) is 8.78. The van der Waals surface area contributed by atoms with Crippen molar-refractivity contribution >= 4 is 0 Å². The summed E-state index contributed by atoms with van der Waals surface area (Å²) in [5.74, 6) is 0. The summed E-state index contributed by atoms with van der Waals surface area (Å²) in [7, 11) is 0. The number of piperazine rings is 1. The van der Waals surface area contributed by atoms with E-state index in [1.165, 1.54) is 6.42 Å². The third-order valence-electron chi connectivity index (χ3n) is 3.09. The van der Waals surface area contributed by atoms with E-state index in [1.807, 2.05) is 13.8 Å². The molecule has 1 N–H and O–H groups in total. The van der Waals surface area contributed by atoms with Crippen molar-refractivity contribution in [3.05, 3.63) is 14.4 Å². The van der Waals surface area contributed by atoms with Gasteiger partial charge >= 0.3 is 51.4 Å². The van der Waals surface area contributed by atoms with Crippen molar-refractivity contribution in [1.82, 2.24) is 9.80 Å². The van der Waals surface area contributed by atoms with Gasteiger partial charge in [0.05, 0.1) is 6.61 Å². The van der Waals surface area contributed by atoms with Gasteiger partial charge in [-0.25, -0.2) is 0 Å². The van der Waals surface area contributed by atoms with E-state index >= 15 is 0 Å². The van der Waals surface area contributed by atoms with Gasteiger partial charge in [0.25, 0.3) is 0 Å². The van der Waals surface area contributed by atoms with Gasteiger partial charge in [0, 0.05) is 31.7 Å². The van der Waals surface area contributed by atoms with Crippen molar-refractivity contribution in [1.29, 1.82) is 0 Å². The van der Waals surface area contributed by atoms with E-state index in [9.17, 15) is 0 Å². The maximum absolute atomic E-state index is 8.78. The summed E-state index contributed by atoms with van der Waals surface area (Å²) < 4.78 is 0. The van der Waals surface area contributed by atoms with Gasteiger partial charge in [0.1, 0.15) is 0 Å². The third-order valence-corrected chi connectivity index (χ3v) is 3.09. The summed E-state index contributed by atoms with van der Waals surface area (Å²) >= 11 is 0. The summed E-state index contributed by atoms with van der Waals surface area (Å²) in [4.78, 5) is 4.82. The molecule has 0 saturated carbocycles. The van der Waals surface area contributed by atoms with E-state index in [2.05, 4.69) is 16.7 Å². The molecule has 0 aromatic carbocycles. The van der Waals surface area contributed by atoms with Crippen LogP contribution in [0.25, 0.3) is 0 Å². The normalized spacial score (nSPS) is 27.8. The Morgan fingerprint density at radius 3 is 2.12 bits per heavy atom. The Bertz CT molecular complexity index is 153. The molecule has 3 heterocycles.